The van der Waals surface area contributed by atoms with Crippen molar-refractivity contribution in [3.8, 4) is 0 Å². The van der Waals surface area contributed by atoms with Crippen LogP contribution >= 0.6 is 19.2 Å². The zero-order chi connectivity index (χ0) is 13.1. The van der Waals surface area contributed by atoms with Crippen LogP contribution in [0.1, 0.15) is 0 Å². The van der Waals surface area contributed by atoms with Gasteiger partial charge < -0.3 is 14.7 Å². The van der Waals surface area contributed by atoms with Gasteiger partial charge in [0.1, 0.15) is 6.29 Å². The molecule has 94 valence electrons. The molecule has 16 heavy (non-hydrogen) atoms. The Morgan fingerprint density at radius 1 is 1.31 bits per heavy atom. The number of hydrogen-bond acceptors (Lipinski definition) is 3. The van der Waals surface area contributed by atoms with Crippen LogP contribution in [-0.4, -0.2) is 44.8 Å². The second-order valence-electron chi connectivity index (χ2n) is 2.66. The van der Waals surface area contributed by atoms with E-state index in [4.69, 9.17) is 21.4 Å². The summed E-state index contributed by atoms with van der Waals surface area (Å²) >= 11 is 4.74. The van der Waals surface area contributed by atoms with Crippen molar-refractivity contribution in [2.75, 3.05) is 12.8 Å². The molecule has 1 amide bonds. The number of alkyl halides is 3. The van der Waals surface area contributed by atoms with E-state index >= 15 is 0 Å². The van der Waals surface area contributed by atoms with Gasteiger partial charge in [-0.05, 0) is 11.6 Å². The summed E-state index contributed by atoms with van der Waals surface area (Å²) in [7, 11) is -4.91. The van der Waals surface area contributed by atoms with Crippen LogP contribution in [0.25, 0.3) is 0 Å². The number of hydrogen-bond donors (Lipinski definition) is 2. The van der Waals surface area contributed by atoms with Crippen LogP contribution in [0.15, 0.2) is 0 Å². The summed E-state index contributed by atoms with van der Waals surface area (Å²) in [5.74, 6) is -2.54. The van der Waals surface area contributed by atoms with E-state index in [-0.39, 0.29) is 4.90 Å². The van der Waals surface area contributed by atoms with E-state index in [1.807, 2.05) is 0 Å². The summed E-state index contributed by atoms with van der Waals surface area (Å²) in [5.41, 5.74) is 0. The van der Waals surface area contributed by atoms with Crippen LogP contribution in [0.5, 0.6) is 0 Å². The normalized spacial score (nSPS) is 12.4. The number of nitrogens with zero attached hydrogens (tertiary/aromatic N) is 1. The lowest BCUT2D eigenvalue weighted by atomic mass is 10.5. The molecule has 0 saturated heterocycles. The average molecular weight is 284 g/mol. The molecule has 0 aliphatic rings. The predicted octanol–water partition coefficient (Wildman–Crippen LogP) is 0.278. The van der Waals surface area contributed by atoms with Crippen LogP contribution in [0.3, 0.4) is 0 Å². The fourth-order valence-corrected chi connectivity index (χ4v) is 1.56. The molecule has 0 unspecified atom stereocenters. The maximum Gasteiger partial charge on any atom is 0.471 e. The first-order valence-corrected chi connectivity index (χ1v) is 5.70. The lowest BCUT2D eigenvalue weighted by Gasteiger charge is -2.22. The highest BCUT2D eigenvalue weighted by Crippen LogP contribution is 2.36. The van der Waals surface area contributed by atoms with Gasteiger partial charge in [-0.25, -0.2) is 0 Å². The largest absolute Gasteiger partial charge is 0.471 e. The molecular formula is C5H6ClF3NO5P. The van der Waals surface area contributed by atoms with Gasteiger partial charge in [0.15, 0.2) is 0 Å². The van der Waals surface area contributed by atoms with E-state index in [1.165, 1.54) is 0 Å². The minimum Gasteiger partial charge on any atom is -0.323 e. The third-order valence-corrected chi connectivity index (χ3v) is 2.03. The van der Waals surface area contributed by atoms with Gasteiger partial charge in [-0.15, -0.1) is 0 Å². The first-order chi connectivity index (χ1) is 6.93. The van der Waals surface area contributed by atoms with Gasteiger partial charge in [-0.3, -0.25) is 14.2 Å². The lowest BCUT2D eigenvalue weighted by Crippen LogP contribution is -2.43. The first-order valence-electron chi connectivity index (χ1n) is 3.52. The Balaban J connectivity index is 4.89. The Morgan fingerprint density at radius 2 is 1.75 bits per heavy atom. The summed E-state index contributed by atoms with van der Waals surface area (Å²) in [6.07, 6.45) is -6.86. The van der Waals surface area contributed by atoms with Crippen LogP contribution in [0, 0.1) is 0 Å². The highest BCUT2D eigenvalue weighted by atomic mass is 35.5. The third-order valence-electron chi connectivity index (χ3n) is 1.20. The molecule has 0 aromatic rings. The van der Waals surface area contributed by atoms with Crippen molar-refractivity contribution in [2.24, 2.45) is 0 Å². The van der Waals surface area contributed by atoms with Crippen molar-refractivity contribution in [1.82, 2.24) is 4.90 Å². The zero-order valence-electron chi connectivity index (χ0n) is 7.44. The van der Waals surface area contributed by atoms with Crippen LogP contribution in [0.2, 0.25) is 0 Å². The van der Waals surface area contributed by atoms with Crippen molar-refractivity contribution < 1.29 is 37.1 Å². The Labute approximate surface area is 92.1 Å². The summed E-state index contributed by atoms with van der Waals surface area (Å²) in [6, 6.07) is 0. The van der Waals surface area contributed by atoms with Crippen LogP contribution in [-0.2, 0) is 14.2 Å². The van der Waals surface area contributed by atoms with Crippen molar-refractivity contribution in [3.05, 3.63) is 0 Å². The molecule has 0 rings (SSSR count). The summed E-state index contributed by atoms with van der Waals surface area (Å²) in [4.78, 5) is 37.4. The minimum atomic E-state index is -5.33. The number of carbonyl (C=O) groups excluding carboxylic acids is 2. The summed E-state index contributed by atoms with van der Waals surface area (Å²) in [5, 5.41) is -1.34. The van der Waals surface area contributed by atoms with E-state index < -0.39 is 37.8 Å². The summed E-state index contributed by atoms with van der Waals surface area (Å²) in [6.45, 7) is -1.23. The second-order valence-corrected chi connectivity index (χ2v) is 4.70. The molecule has 0 aliphatic heterocycles. The molecule has 0 bridgehead atoms. The lowest BCUT2D eigenvalue weighted by molar-refractivity contribution is -0.184. The van der Waals surface area contributed by atoms with Gasteiger partial charge in [0, 0.05) is 0 Å². The molecule has 0 atom stereocenters. The second kappa shape index (κ2) is 5.13. The van der Waals surface area contributed by atoms with E-state index in [2.05, 4.69) is 0 Å². The van der Waals surface area contributed by atoms with Gasteiger partial charge in [0.25, 0.3) is 0 Å². The van der Waals surface area contributed by atoms with Gasteiger partial charge in [-0.1, -0.05) is 0 Å². The first kappa shape index (κ1) is 15.4. The highest BCUT2D eigenvalue weighted by molar-refractivity contribution is 7.51. The molecule has 0 heterocycles. The Bertz CT molecular complexity index is 339. The third kappa shape index (κ3) is 6.06. The maximum absolute atomic E-state index is 11.9. The summed E-state index contributed by atoms with van der Waals surface area (Å²) < 4.78 is 46.2. The van der Waals surface area contributed by atoms with Gasteiger partial charge >= 0.3 is 19.7 Å². The fourth-order valence-electron chi connectivity index (χ4n) is 0.738. The molecule has 0 aromatic carbocycles. The topological polar surface area (TPSA) is 94.9 Å². The highest BCUT2D eigenvalue weighted by Gasteiger charge is 2.44. The molecule has 0 fully saturated rings. The molecular weight excluding hydrogens is 277 g/mol. The van der Waals surface area contributed by atoms with Crippen molar-refractivity contribution in [2.45, 2.75) is 6.18 Å². The molecule has 0 radical (unpaired) electrons. The number of halogens is 4. The smallest absolute Gasteiger partial charge is 0.323 e. The molecule has 2 N–H and O–H groups in total. The van der Waals surface area contributed by atoms with Gasteiger partial charge in [-0.2, -0.15) is 13.2 Å². The minimum absolute atomic E-state index is 0.351. The monoisotopic (exact) mass is 283 g/mol. The number of amides is 1. The predicted molar refractivity (Wildman–Crippen MR) is 45.5 cm³/mol. The molecule has 6 nitrogen and oxygen atoms in total. The van der Waals surface area contributed by atoms with Crippen molar-refractivity contribution in [3.63, 3.8) is 0 Å². The number of carbonyl (C=O) groups is 2. The van der Waals surface area contributed by atoms with Gasteiger partial charge in [0.2, 0.25) is 5.24 Å². The quantitative estimate of drug-likeness (QED) is 0.571. The van der Waals surface area contributed by atoms with Gasteiger partial charge in [0.05, 0.1) is 6.54 Å². The van der Waals surface area contributed by atoms with E-state index in [1.54, 1.807) is 0 Å². The Kier molecular flexibility index (Phi) is 4.93. The zero-order valence-corrected chi connectivity index (χ0v) is 9.09. The molecule has 11 heteroatoms. The Hall–Kier alpha value is -0.630. The average Bonchev–Trinajstić information content (AvgIpc) is 1.96. The molecule has 0 spiro atoms. The van der Waals surface area contributed by atoms with E-state index in [0.29, 0.717) is 0 Å². The van der Waals surface area contributed by atoms with Crippen LogP contribution in [0.4, 0.5) is 13.2 Å². The van der Waals surface area contributed by atoms with E-state index in [0.717, 1.165) is 0 Å². The Morgan fingerprint density at radius 3 is 2.00 bits per heavy atom. The number of rotatable bonds is 4. The maximum atomic E-state index is 11.9. The molecule has 0 saturated carbocycles. The van der Waals surface area contributed by atoms with Crippen LogP contribution < -0.4 is 0 Å². The van der Waals surface area contributed by atoms with Crippen molar-refractivity contribution in [1.29, 1.82) is 0 Å². The standard InChI is InChI=1S/C5H6ClF3NO5P/c6-3(11)1-10(2-16(13,14)15)4(12)5(7,8)9/h1-2H2,(H2,13,14,15). The van der Waals surface area contributed by atoms with E-state index in [9.17, 15) is 27.3 Å². The molecule has 0 aliphatic carbocycles. The van der Waals surface area contributed by atoms with Crippen molar-refractivity contribution >= 4 is 30.3 Å². The molecule has 0 aromatic heterocycles. The fraction of sp³-hybridized carbons (Fsp3) is 0.600. The SMILES string of the molecule is O=C(Cl)CN(CP(=O)(O)O)C(=O)C(F)(F)F.